The Balaban J connectivity index is 1.48. The van der Waals surface area contributed by atoms with Crippen LogP contribution >= 0.6 is 11.6 Å². The first-order valence-corrected chi connectivity index (χ1v) is 9.13. The lowest BCUT2D eigenvalue weighted by Gasteiger charge is -2.12. The Morgan fingerprint density at radius 2 is 2.04 bits per heavy atom. The largest absolute Gasteiger partial charge is 0.489 e. The third-order valence-corrected chi connectivity index (χ3v) is 4.54. The Labute approximate surface area is 165 Å². The van der Waals surface area contributed by atoms with Gasteiger partial charge in [0.2, 0.25) is 0 Å². The summed E-state index contributed by atoms with van der Waals surface area (Å²) in [7, 11) is 0. The number of carbonyl (C=O) groups excluding carboxylic acids is 1. The van der Waals surface area contributed by atoms with E-state index in [1.807, 2.05) is 0 Å². The monoisotopic (exact) mass is 400 g/mol. The number of H-pyrrole nitrogens is 1. The van der Waals surface area contributed by atoms with E-state index in [2.05, 4.69) is 10.3 Å². The lowest BCUT2D eigenvalue weighted by molar-refractivity contribution is 0.0949. The number of pyridine rings is 1. The summed E-state index contributed by atoms with van der Waals surface area (Å²) in [6.07, 6.45) is 2.28. The van der Waals surface area contributed by atoms with E-state index in [-0.39, 0.29) is 12.1 Å². The van der Waals surface area contributed by atoms with Crippen LogP contribution in [0.3, 0.4) is 0 Å². The Bertz CT molecular complexity index is 1060. The summed E-state index contributed by atoms with van der Waals surface area (Å²) in [5.41, 5.74) is 0.756. The van der Waals surface area contributed by atoms with Gasteiger partial charge in [0.25, 0.3) is 11.5 Å². The van der Waals surface area contributed by atoms with Crippen LogP contribution < -0.4 is 20.3 Å². The summed E-state index contributed by atoms with van der Waals surface area (Å²) in [6.45, 7) is 1.27. The average Bonchev–Trinajstić information content (AvgIpc) is 3.12. The number of halogens is 1. The van der Waals surface area contributed by atoms with E-state index in [0.29, 0.717) is 41.2 Å². The fourth-order valence-electron chi connectivity index (χ4n) is 2.89. The second kappa shape index (κ2) is 7.82. The first-order valence-electron chi connectivity index (χ1n) is 8.75. The quantitative estimate of drug-likeness (QED) is 0.700. The standard InChI is InChI=1S/C20H17ClN2O5/c21-14-9-12(10-17-18(14)28-8-2-7-27-17)11-22-19(24)13-4-5-15(23-20(13)25)16-3-1-6-26-16/h1,3-6,9-10H,2,7-8,11H2,(H,22,24)(H,23,25). The highest BCUT2D eigenvalue weighted by Crippen LogP contribution is 2.37. The summed E-state index contributed by atoms with van der Waals surface area (Å²) in [4.78, 5) is 27.3. The van der Waals surface area contributed by atoms with E-state index < -0.39 is 11.5 Å². The predicted molar refractivity (Wildman–Crippen MR) is 103 cm³/mol. The number of fused-ring (bicyclic) bond motifs is 1. The molecule has 7 nitrogen and oxygen atoms in total. The van der Waals surface area contributed by atoms with Gasteiger partial charge in [-0.15, -0.1) is 0 Å². The van der Waals surface area contributed by atoms with E-state index in [0.717, 1.165) is 12.0 Å². The van der Waals surface area contributed by atoms with Crippen molar-refractivity contribution in [2.24, 2.45) is 0 Å². The minimum atomic E-state index is -0.497. The van der Waals surface area contributed by atoms with Crippen LogP contribution in [0.1, 0.15) is 22.3 Å². The smallest absolute Gasteiger partial charge is 0.261 e. The topological polar surface area (TPSA) is 93.6 Å². The molecule has 0 unspecified atom stereocenters. The lowest BCUT2D eigenvalue weighted by Crippen LogP contribution is -2.29. The van der Waals surface area contributed by atoms with E-state index in [9.17, 15) is 9.59 Å². The Hall–Kier alpha value is -3.19. The third kappa shape index (κ3) is 3.75. The molecule has 0 aliphatic carbocycles. The molecule has 1 aliphatic heterocycles. The maximum atomic E-state index is 12.4. The number of rotatable bonds is 4. The van der Waals surface area contributed by atoms with Gasteiger partial charge in [0.05, 0.1) is 30.2 Å². The first kappa shape index (κ1) is 18.2. The fraction of sp³-hybridized carbons (Fsp3) is 0.200. The normalized spacial score (nSPS) is 13.0. The highest BCUT2D eigenvalue weighted by atomic mass is 35.5. The number of aromatic amines is 1. The molecule has 8 heteroatoms. The lowest BCUT2D eigenvalue weighted by atomic mass is 10.1. The summed E-state index contributed by atoms with van der Waals surface area (Å²) >= 11 is 6.26. The van der Waals surface area contributed by atoms with Crippen LogP contribution in [0.2, 0.25) is 5.02 Å². The maximum absolute atomic E-state index is 12.4. The second-order valence-corrected chi connectivity index (χ2v) is 6.64. The van der Waals surface area contributed by atoms with Crippen LogP contribution in [-0.2, 0) is 6.54 Å². The Morgan fingerprint density at radius 1 is 1.18 bits per heavy atom. The van der Waals surface area contributed by atoms with E-state index >= 15 is 0 Å². The van der Waals surface area contributed by atoms with Gasteiger partial charge in [-0.1, -0.05) is 11.6 Å². The van der Waals surface area contributed by atoms with E-state index in [1.165, 1.54) is 12.3 Å². The molecule has 0 saturated carbocycles. The SMILES string of the molecule is O=C(NCc1cc(Cl)c2c(c1)OCCCO2)c1ccc(-c2ccco2)[nH]c1=O. The summed E-state index contributed by atoms with van der Waals surface area (Å²) in [6, 6.07) is 10.0. The molecular weight excluding hydrogens is 384 g/mol. The summed E-state index contributed by atoms with van der Waals surface area (Å²) in [5.74, 6) is 1.09. The Morgan fingerprint density at radius 3 is 2.82 bits per heavy atom. The van der Waals surface area contributed by atoms with Gasteiger partial charge in [-0.2, -0.15) is 0 Å². The molecular formula is C20H17ClN2O5. The molecule has 144 valence electrons. The van der Waals surface area contributed by atoms with Crippen molar-refractivity contribution in [3.05, 3.63) is 69.2 Å². The molecule has 0 atom stereocenters. The maximum Gasteiger partial charge on any atom is 0.261 e. The van der Waals surface area contributed by atoms with Gasteiger partial charge in [-0.3, -0.25) is 9.59 Å². The molecule has 0 fully saturated rings. The van der Waals surface area contributed by atoms with E-state index in [4.69, 9.17) is 25.5 Å². The number of furan rings is 1. The number of hydrogen-bond acceptors (Lipinski definition) is 5. The minimum absolute atomic E-state index is 0.00995. The average molecular weight is 401 g/mol. The van der Waals surface area contributed by atoms with Crippen molar-refractivity contribution in [3.63, 3.8) is 0 Å². The van der Waals surface area contributed by atoms with Crippen molar-refractivity contribution >= 4 is 17.5 Å². The molecule has 3 heterocycles. The van der Waals surface area contributed by atoms with Crippen LogP contribution in [0, 0.1) is 0 Å². The molecule has 1 amide bonds. The van der Waals surface area contributed by atoms with Crippen molar-refractivity contribution in [2.75, 3.05) is 13.2 Å². The third-order valence-electron chi connectivity index (χ3n) is 4.26. The van der Waals surface area contributed by atoms with Crippen LogP contribution in [0.15, 0.2) is 51.9 Å². The first-order chi connectivity index (χ1) is 13.6. The number of carbonyl (C=O) groups is 1. The van der Waals surface area contributed by atoms with Crippen molar-refractivity contribution in [1.82, 2.24) is 10.3 Å². The van der Waals surface area contributed by atoms with Gasteiger partial charge in [-0.25, -0.2) is 0 Å². The van der Waals surface area contributed by atoms with Crippen LogP contribution in [-0.4, -0.2) is 24.1 Å². The van der Waals surface area contributed by atoms with Gasteiger partial charge in [0.1, 0.15) is 11.3 Å². The number of benzene rings is 1. The van der Waals surface area contributed by atoms with Gasteiger partial charge in [0, 0.05) is 13.0 Å². The molecule has 2 aromatic heterocycles. The summed E-state index contributed by atoms with van der Waals surface area (Å²) < 4.78 is 16.5. The zero-order valence-electron chi connectivity index (χ0n) is 14.8. The van der Waals surface area contributed by atoms with Crippen molar-refractivity contribution in [3.8, 4) is 23.0 Å². The zero-order chi connectivity index (χ0) is 19.5. The molecule has 28 heavy (non-hydrogen) atoms. The molecule has 3 aromatic rings. The number of hydrogen-bond donors (Lipinski definition) is 2. The predicted octanol–water partition coefficient (Wildman–Crippen LogP) is 3.38. The number of ether oxygens (including phenoxy) is 2. The van der Waals surface area contributed by atoms with Gasteiger partial charge in [-0.05, 0) is 42.0 Å². The zero-order valence-corrected chi connectivity index (χ0v) is 15.5. The molecule has 0 bridgehead atoms. The Kier molecular flexibility index (Phi) is 5.08. The number of nitrogens with one attached hydrogen (secondary N) is 2. The van der Waals surface area contributed by atoms with E-state index in [1.54, 1.807) is 30.3 Å². The highest BCUT2D eigenvalue weighted by Gasteiger charge is 2.17. The van der Waals surface area contributed by atoms with Crippen LogP contribution in [0.25, 0.3) is 11.5 Å². The number of amides is 1. The van der Waals surface area contributed by atoms with Crippen LogP contribution in [0.5, 0.6) is 11.5 Å². The summed E-state index contributed by atoms with van der Waals surface area (Å²) in [5, 5.41) is 3.14. The van der Waals surface area contributed by atoms with Gasteiger partial charge < -0.3 is 24.2 Å². The molecule has 4 rings (SSSR count). The molecule has 1 aromatic carbocycles. The molecule has 2 N–H and O–H groups in total. The van der Waals surface area contributed by atoms with Gasteiger partial charge >= 0.3 is 0 Å². The van der Waals surface area contributed by atoms with Crippen LogP contribution in [0.4, 0.5) is 0 Å². The van der Waals surface area contributed by atoms with Crippen molar-refractivity contribution in [1.29, 1.82) is 0 Å². The van der Waals surface area contributed by atoms with Crippen molar-refractivity contribution < 1.29 is 18.7 Å². The minimum Gasteiger partial charge on any atom is -0.489 e. The molecule has 0 radical (unpaired) electrons. The molecule has 0 saturated heterocycles. The van der Waals surface area contributed by atoms with Crippen molar-refractivity contribution in [2.45, 2.75) is 13.0 Å². The second-order valence-electron chi connectivity index (χ2n) is 6.23. The van der Waals surface area contributed by atoms with Gasteiger partial charge in [0.15, 0.2) is 11.5 Å². The molecule has 0 spiro atoms. The highest BCUT2D eigenvalue weighted by molar-refractivity contribution is 6.32. The molecule has 1 aliphatic rings. The number of aromatic nitrogens is 1. The fourth-order valence-corrected chi connectivity index (χ4v) is 3.18.